The number of pyridine rings is 1. The maximum atomic E-state index is 9.25. The van der Waals surface area contributed by atoms with Crippen molar-refractivity contribution in [1.29, 1.82) is 5.26 Å². The number of carbonyl (C=O) groups is 2. The fraction of sp³-hybridized carbons (Fsp3) is 0.263. The van der Waals surface area contributed by atoms with Gasteiger partial charge in [-0.1, -0.05) is 42.1 Å². The molecule has 0 aliphatic carbocycles. The lowest BCUT2D eigenvalue weighted by atomic mass is 10.1. The minimum atomic E-state index is -1.82. The number of nitrogens with zero attached hydrogens (tertiary/aromatic N) is 2. The summed E-state index contributed by atoms with van der Waals surface area (Å²) < 4.78 is 0. The first-order valence-corrected chi connectivity index (χ1v) is 9.08. The summed E-state index contributed by atoms with van der Waals surface area (Å²) in [5.74, 6) is -3.65. The van der Waals surface area contributed by atoms with Gasteiger partial charge in [0.05, 0.1) is 12.2 Å². The SMILES string of the molecule is Cc1ccc(C#N)c(S[C@H](C[C@H](N)CO)c2ccccc2)n1.O=C(O)C(=O)O. The molecular weight excluding hydrogens is 382 g/mol. The topological polar surface area (TPSA) is 158 Å². The summed E-state index contributed by atoms with van der Waals surface area (Å²) in [6.45, 7) is 1.85. The third kappa shape index (κ3) is 7.75. The van der Waals surface area contributed by atoms with Crippen LogP contribution in [-0.2, 0) is 9.59 Å². The number of aryl methyl sites for hydroxylation is 1. The lowest BCUT2D eigenvalue weighted by Crippen LogP contribution is -2.26. The Morgan fingerprint density at radius 2 is 1.79 bits per heavy atom. The van der Waals surface area contributed by atoms with Gasteiger partial charge in [-0.25, -0.2) is 14.6 Å². The van der Waals surface area contributed by atoms with Gasteiger partial charge in [0, 0.05) is 17.0 Å². The Morgan fingerprint density at radius 1 is 1.18 bits per heavy atom. The van der Waals surface area contributed by atoms with Gasteiger partial charge < -0.3 is 21.1 Å². The number of thioether (sulfide) groups is 1. The number of rotatable bonds is 6. The van der Waals surface area contributed by atoms with Gasteiger partial charge in [-0.15, -0.1) is 0 Å². The number of aromatic nitrogens is 1. The predicted octanol–water partition coefficient (Wildman–Crippen LogP) is 1.96. The van der Waals surface area contributed by atoms with Gasteiger partial charge in [0.25, 0.3) is 0 Å². The van der Waals surface area contributed by atoms with Crippen LogP contribution in [0, 0.1) is 18.3 Å². The van der Waals surface area contributed by atoms with Crippen molar-refractivity contribution in [3.63, 3.8) is 0 Å². The minimum Gasteiger partial charge on any atom is -0.473 e. The second kappa shape index (κ2) is 11.7. The molecule has 0 aliphatic heterocycles. The highest BCUT2D eigenvalue weighted by Gasteiger charge is 2.19. The Bertz CT molecular complexity index is 827. The summed E-state index contributed by atoms with van der Waals surface area (Å²) in [5, 5.41) is 34.0. The second-order valence-electron chi connectivity index (χ2n) is 5.72. The summed E-state index contributed by atoms with van der Waals surface area (Å²) in [6, 6.07) is 15.5. The zero-order chi connectivity index (χ0) is 21.1. The lowest BCUT2D eigenvalue weighted by Gasteiger charge is -2.20. The molecule has 1 aromatic carbocycles. The van der Waals surface area contributed by atoms with Crippen molar-refractivity contribution in [2.45, 2.75) is 29.7 Å². The molecule has 0 radical (unpaired) electrons. The van der Waals surface area contributed by atoms with Crippen molar-refractivity contribution < 1.29 is 24.9 Å². The summed E-state index contributed by atoms with van der Waals surface area (Å²) in [5.41, 5.74) is 8.47. The largest absolute Gasteiger partial charge is 0.473 e. The van der Waals surface area contributed by atoms with E-state index in [1.807, 2.05) is 43.3 Å². The third-order valence-corrected chi connectivity index (χ3v) is 4.76. The number of hydrogen-bond donors (Lipinski definition) is 4. The molecular formula is C19H21N3O5S. The van der Waals surface area contributed by atoms with Crippen LogP contribution in [0.5, 0.6) is 0 Å². The highest BCUT2D eigenvalue weighted by atomic mass is 32.2. The molecule has 0 amide bonds. The van der Waals surface area contributed by atoms with Gasteiger partial charge in [-0.2, -0.15) is 5.26 Å². The van der Waals surface area contributed by atoms with E-state index < -0.39 is 11.9 Å². The summed E-state index contributed by atoms with van der Waals surface area (Å²) in [7, 11) is 0. The van der Waals surface area contributed by atoms with Crippen LogP contribution in [0.4, 0.5) is 0 Å². The highest BCUT2D eigenvalue weighted by molar-refractivity contribution is 7.99. The maximum absolute atomic E-state index is 9.25. The molecule has 0 unspecified atom stereocenters. The number of benzene rings is 1. The second-order valence-corrected chi connectivity index (χ2v) is 6.91. The molecule has 1 heterocycles. The molecule has 2 rings (SSSR count). The first-order chi connectivity index (χ1) is 13.3. The van der Waals surface area contributed by atoms with Crippen molar-refractivity contribution in [2.75, 3.05) is 6.61 Å². The molecule has 1 aromatic heterocycles. The molecule has 28 heavy (non-hydrogen) atoms. The quantitative estimate of drug-likeness (QED) is 0.418. The van der Waals surface area contributed by atoms with Crippen LogP contribution < -0.4 is 5.73 Å². The van der Waals surface area contributed by atoms with Gasteiger partial charge in [0.2, 0.25) is 0 Å². The van der Waals surface area contributed by atoms with Crippen LogP contribution in [0.1, 0.15) is 28.5 Å². The standard InChI is InChI=1S/C17H19N3OS.C2H2O4/c1-12-7-8-14(10-18)17(20-12)22-16(9-15(19)11-21)13-5-3-2-4-6-13;3-1(4)2(5)6/h2-8,15-16,21H,9,11,19H2,1H3;(H,3,4)(H,5,6)/t15-,16+;/m0./s1. The molecule has 2 atom stereocenters. The van der Waals surface area contributed by atoms with E-state index in [0.717, 1.165) is 11.3 Å². The van der Waals surface area contributed by atoms with Crippen molar-refractivity contribution in [3.8, 4) is 6.07 Å². The summed E-state index contributed by atoms with van der Waals surface area (Å²) in [6.07, 6.45) is 0.617. The zero-order valence-electron chi connectivity index (χ0n) is 15.1. The Hall–Kier alpha value is -2.93. The van der Waals surface area contributed by atoms with Crippen LogP contribution in [0.2, 0.25) is 0 Å². The number of carboxylic acids is 2. The Morgan fingerprint density at radius 3 is 2.29 bits per heavy atom. The number of nitrogens with two attached hydrogens (primary N) is 1. The van der Waals surface area contributed by atoms with Crippen LogP contribution in [0.25, 0.3) is 0 Å². The van der Waals surface area contributed by atoms with Crippen molar-refractivity contribution >= 4 is 23.7 Å². The first-order valence-electron chi connectivity index (χ1n) is 8.20. The van der Waals surface area contributed by atoms with E-state index in [9.17, 15) is 10.4 Å². The zero-order valence-corrected chi connectivity index (χ0v) is 16.0. The lowest BCUT2D eigenvalue weighted by molar-refractivity contribution is -0.159. The molecule has 9 heteroatoms. The van der Waals surface area contributed by atoms with E-state index in [0.29, 0.717) is 17.0 Å². The molecule has 148 valence electrons. The van der Waals surface area contributed by atoms with E-state index in [-0.39, 0.29) is 17.9 Å². The van der Waals surface area contributed by atoms with Gasteiger partial charge in [0.1, 0.15) is 11.1 Å². The summed E-state index contributed by atoms with van der Waals surface area (Å²) in [4.78, 5) is 22.7. The highest BCUT2D eigenvalue weighted by Crippen LogP contribution is 2.38. The number of carboxylic acid groups (broad SMARTS) is 2. The van der Waals surface area contributed by atoms with E-state index in [1.165, 1.54) is 11.8 Å². The Balaban J connectivity index is 0.000000568. The van der Waals surface area contributed by atoms with E-state index in [4.69, 9.17) is 25.5 Å². The first kappa shape index (κ1) is 23.1. The monoisotopic (exact) mass is 403 g/mol. The van der Waals surface area contributed by atoms with Crippen LogP contribution in [-0.4, -0.2) is 44.9 Å². The third-order valence-electron chi connectivity index (χ3n) is 3.48. The average Bonchev–Trinajstić information content (AvgIpc) is 2.68. The van der Waals surface area contributed by atoms with Crippen LogP contribution >= 0.6 is 11.8 Å². The fourth-order valence-electron chi connectivity index (χ4n) is 2.11. The van der Waals surface area contributed by atoms with Crippen LogP contribution in [0.15, 0.2) is 47.5 Å². The van der Waals surface area contributed by atoms with Gasteiger partial charge in [0.15, 0.2) is 0 Å². The number of aliphatic hydroxyl groups excluding tert-OH is 1. The Labute approximate surface area is 166 Å². The number of aliphatic hydroxyl groups is 1. The van der Waals surface area contributed by atoms with Crippen LogP contribution in [0.3, 0.4) is 0 Å². The molecule has 8 nitrogen and oxygen atoms in total. The molecule has 0 saturated heterocycles. The van der Waals surface area contributed by atoms with Crippen molar-refractivity contribution in [3.05, 3.63) is 59.3 Å². The van der Waals surface area contributed by atoms with Crippen molar-refractivity contribution in [2.24, 2.45) is 5.73 Å². The summed E-state index contributed by atoms with van der Waals surface area (Å²) >= 11 is 1.53. The van der Waals surface area contributed by atoms with Gasteiger partial charge in [-0.3, -0.25) is 0 Å². The molecule has 0 saturated carbocycles. The smallest absolute Gasteiger partial charge is 0.414 e. The van der Waals surface area contributed by atoms with E-state index >= 15 is 0 Å². The molecule has 0 fully saturated rings. The molecule has 2 aromatic rings. The minimum absolute atomic E-state index is 0.0461. The molecule has 0 spiro atoms. The number of hydrogen-bond acceptors (Lipinski definition) is 7. The van der Waals surface area contributed by atoms with Crippen molar-refractivity contribution in [1.82, 2.24) is 4.98 Å². The normalized spacial score (nSPS) is 12.1. The Kier molecular flexibility index (Phi) is 9.67. The molecule has 0 aliphatic rings. The van der Waals surface area contributed by atoms with E-state index in [1.54, 1.807) is 6.07 Å². The maximum Gasteiger partial charge on any atom is 0.414 e. The van der Waals surface area contributed by atoms with Gasteiger partial charge >= 0.3 is 11.9 Å². The average molecular weight is 403 g/mol. The number of nitriles is 1. The number of aliphatic carboxylic acids is 2. The molecule has 5 N–H and O–H groups in total. The predicted molar refractivity (Wildman–Crippen MR) is 104 cm³/mol. The van der Waals surface area contributed by atoms with E-state index in [2.05, 4.69) is 11.1 Å². The molecule has 0 bridgehead atoms. The fourth-order valence-corrected chi connectivity index (χ4v) is 3.46. The van der Waals surface area contributed by atoms with Gasteiger partial charge in [-0.05, 0) is 31.0 Å².